The molecule has 0 bridgehead atoms. The van der Waals surface area contributed by atoms with Gasteiger partial charge < -0.3 is 10.2 Å². The lowest BCUT2D eigenvalue weighted by atomic mass is 10.1. The van der Waals surface area contributed by atoms with Crippen molar-refractivity contribution in [1.82, 2.24) is 0 Å². The number of para-hydroxylation sites is 2. The van der Waals surface area contributed by atoms with Crippen LogP contribution in [0.4, 0.5) is 17.1 Å². The van der Waals surface area contributed by atoms with Gasteiger partial charge in [0.05, 0.1) is 22.8 Å². The molecule has 0 amide bonds. The van der Waals surface area contributed by atoms with Crippen molar-refractivity contribution in [1.29, 1.82) is 0 Å². The quantitative estimate of drug-likeness (QED) is 0.483. The lowest BCUT2D eigenvalue weighted by Crippen LogP contribution is -2.15. The summed E-state index contributed by atoms with van der Waals surface area (Å²) in [6.07, 6.45) is 0. The Balaban J connectivity index is 2.33. The summed E-state index contributed by atoms with van der Waals surface area (Å²) in [6, 6.07) is 13.3. The summed E-state index contributed by atoms with van der Waals surface area (Å²) >= 11 is 0. The molecule has 0 unspecified atom stereocenters. The molecule has 2 N–H and O–H groups in total. The summed E-state index contributed by atoms with van der Waals surface area (Å²) in [5.41, 5.74) is 6.21. The molecule has 0 heterocycles. The second kappa shape index (κ2) is 7.07. The third-order valence-corrected chi connectivity index (χ3v) is 2.84. The predicted molar refractivity (Wildman–Crippen MR) is 82.7 cm³/mol. The molecule has 22 heavy (non-hydrogen) atoms. The Hall–Kier alpha value is -3.09. The maximum Gasteiger partial charge on any atom is 0.340 e. The van der Waals surface area contributed by atoms with Crippen molar-refractivity contribution in [3.63, 3.8) is 0 Å². The van der Waals surface area contributed by atoms with Gasteiger partial charge in [0.1, 0.15) is 5.69 Å². The molecule has 7 heteroatoms. The molecule has 2 rings (SSSR count). The number of carbonyl (C=O) groups is 1. The van der Waals surface area contributed by atoms with Crippen molar-refractivity contribution >= 4 is 23.0 Å². The zero-order valence-electron chi connectivity index (χ0n) is 11.9. The summed E-state index contributed by atoms with van der Waals surface area (Å²) in [5, 5.41) is 11.2. The lowest BCUT2D eigenvalue weighted by Gasteiger charge is -2.13. The van der Waals surface area contributed by atoms with Gasteiger partial charge in [0.2, 0.25) is 0 Å². The number of carbonyl (C=O) groups excluding carboxylic acids is 1. The monoisotopic (exact) mass is 301 g/mol. The van der Waals surface area contributed by atoms with Crippen molar-refractivity contribution in [2.75, 3.05) is 17.5 Å². The van der Waals surface area contributed by atoms with Crippen LogP contribution in [0.2, 0.25) is 0 Å². The predicted octanol–water partition coefficient (Wildman–Crippen LogP) is 3.21. The van der Waals surface area contributed by atoms with Crippen molar-refractivity contribution in [2.24, 2.45) is 0 Å². The van der Waals surface area contributed by atoms with E-state index < -0.39 is 10.9 Å². The molecule has 0 radical (unpaired) electrons. The van der Waals surface area contributed by atoms with E-state index in [1.165, 1.54) is 18.2 Å². The van der Waals surface area contributed by atoms with E-state index in [9.17, 15) is 14.9 Å². The first-order chi connectivity index (χ1) is 10.6. The molecule has 0 spiro atoms. The number of benzene rings is 2. The van der Waals surface area contributed by atoms with Crippen LogP contribution < -0.4 is 10.9 Å². The normalized spacial score (nSPS) is 9.86. The summed E-state index contributed by atoms with van der Waals surface area (Å²) in [4.78, 5) is 22.5. The van der Waals surface area contributed by atoms with E-state index in [0.29, 0.717) is 5.69 Å². The van der Waals surface area contributed by atoms with Crippen LogP contribution in [0.5, 0.6) is 0 Å². The van der Waals surface area contributed by atoms with Gasteiger partial charge in [-0.2, -0.15) is 0 Å². The Bertz CT molecular complexity index is 674. The molecule has 0 aliphatic carbocycles. The Morgan fingerprint density at radius 3 is 2.50 bits per heavy atom. The fourth-order valence-corrected chi connectivity index (χ4v) is 1.86. The number of nitrogens with zero attached hydrogens (tertiary/aromatic N) is 1. The number of rotatable bonds is 6. The molecule has 0 aliphatic heterocycles. The molecule has 0 saturated carbocycles. The number of nitrogens with one attached hydrogen (secondary N) is 2. The minimum Gasteiger partial charge on any atom is -0.462 e. The average molecular weight is 301 g/mol. The molecule has 2 aromatic carbocycles. The van der Waals surface area contributed by atoms with Gasteiger partial charge in [-0.15, -0.1) is 0 Å². The van der Waals surface area contributed by atoms with Gasteiger partial charge in [-0.3, -0.25) is 15.5 Å². The van der Waals surface area contributed by atoms with E-state index in [1.54, 1.807) is 19.1 Å². The van der Waals surface area contributed by atoms with Crippen LogP contribution in [0.25, 0.3) is 0 Å². The van der Waals surface area contributed by atoms with Crippen LogP contribution in [0.15, 0.2) is 48.5 Å². The first-order valence-corrected chi connectivity index (χ1v) is 6.65. The number of nitro groups is 1. The zero-order valence-corrected chi connectivity index (χ0v) is 11.9. The Labute approximate surface area is 127 Å². The van der Waals surface area contributed by atoms with Gasteiger partial charge in [0.25, 0.3) is 5.69 Å². The van der Waals surface area contributed by atoms with Crippen LogP contribution in [0.3, 0.4) is 0 Å². The maximum absolute atomic E-state index is 11.9. The van der Waals surface area contributed by atoms with Gasteiger partial charge in [0.15, 0.2) is 0 Å². The number of hydrazine groups is 1. The van der Waals surface area contributed by atoms with Crippen molar-refractivity contribution in [3.05, 3.63) is 64.2 Å². The maximum atomic E-state index is 11.9. The van der Waals surface area contributed by atoms with Gasteiger partial charge >= 0.3 is 5.97 Å². The van der Waals surface area contributed by atoms with E-state index in [1.807, 2.05) is 18.2 Å². The average Bonchev–Trinajstić information content (AvgIpc) is 2.53. The zero-order chi connectivity index (χ0) is 15.9. The van der Waals surface area contributed by atoms with Crippen molar-refractivity contribution < 1.29 is 14.5 Å². The minimum absolute atomic E-state index is 0.0646. The summed E-state index contributed by atoms with van der Waals surface area (Å²) in [7, 11) is 0. The third kappa shape index (κ3) is 3.51. The Morgan fingerprint density at radius 1 is 1.14 bits per heavy atom. The SMILES string of the molecule is CCOC(=O)c1cccc([N+](=O)[O-])c1NNc1ccccc1. The number of esters is 1. The molecule has 114 valence electrons. The molecule has 2 aromatic rings. The van der Waals surface area contributed by atoms with E-state index >= 15 is 0 Å². The highest BCUT2D eigenvalue weighted by Crippen LogP contribution is 2.29. The van der Waals surface area contributed by atoms with Crippen LogP contribution in [0.1, 0.15) is 17.3 Å². The summed E-state index contributed by atoms with van der Waals surface area (Å²) in [6.45, 7) is 1.86. The van der Waals surface area contributed by atoms with Crippen LogP contribution in [-0.2, 0) is 4.74 Å². The highest BCUT2D eigenvalue weighted by Gasteiger charge is 2.22. The van der Waals surface area contributed by atoms with Gasteiger partial charge in [0, 0.05) is 6.07 Å². The second-order valence-electron chi connectivity index (χ2n) is 4.29. The topological polar surface area (TPSA) is 93.5 Å². The van der Waals surface area contributed by atoms with Gasteiger partial charge in [-0.25, -0.2) is 4.79 Å². The van der Waals surface area contributed by atoms with E-state index in [2.05, 4.69) is 10.9 Å². The number of nitro benzene ring substituents is 1. The molecule has 0 fully saturated rings. The van der Waals surface area contributed by atoms with Crippen LogP contribution in [0, 0.1) is 10.1 Å². The lowest BCUT2D eigenvalue weighted by molar-refractivity contribution is -0.384. The van der Waals surface area contributed by atoms with Crippen LogP contribution >= 0.6 is 0 Å². The third-order valence-electron chi connectivity index (χ3n) is 2.84. The van der Waals surface area contributed by atoms with E-state index in [-0.39, 0.29) is 23.5 Å². The Morgan fingerprint density at radius 2 is 1.86 bits per heavy atom. The number of ether oxygens (including phenoxy) is 1. The fraction of sp³-hybridized carbons (Fsp3) is 0.133. The number of hydrogen-bond acceptors (Lipinski definition) is 6. The standard InChI is InChI=1S/C15H15N3O4/c1-2-22-15(19)12-9-6-10-13(18(20)21)14(12)17-16-11-7-4-3-5-8-11/h3-10,16-17H,2H2,1H3. The molecule has 0 aromatic heterocycles. The first-order valence-electron chi connectivity index (χ1n) is 6.65. The highest BCUT2D eigenvalue weighted by molar-refractivity contribution is 5.98. The van der Waals surface area contributed by atoms with Crippen molar-refractivity contribution in [2.45, 2.75) is 6.92 Å². The summed E-state index contributed by atoms with van der Waals surface area (Å²) < 4.78 is 4.93. The highest BCUT2D eigenvalue weighted by atomic mass is 16.6. The van der Waals surface area contributed by atoms with Crippen molar-refractivity contribution in [3.8, 4) is 0 Å². The molecule has 7 nitrogen and oxygen atoms in total. The molecule has 0 aliphatic rings. The minimum atomic E-state index is -0.622. The van der Waals surface area contributed by atoms with Crippen LogP contribution in [-0.4, -0.2) is 17.5 Å². The first kappa shape index (κ1) is 15.3. The fourth-order valence-electron chi connectivity index (χ4n) is 1.86. The molecule has 0 atom stereocenters. The second-order valence-corrected chi connectivity index (χ2v) is 4.29. The molecule has 0 saturated heterocycles. The number of hydrogen-bond donors (Lipinski definition) is 2. The smallest absolute Gasteiger partial charge is 0.340 e. The largest absolute Gasteiger partial charge is 0.462 e. The summed E-state index contributed by atoms with van der Waals surface area (Å²) in [5.74, 6) is -0.622. The van der Waals surface area contributed by atoms with Gasteiger partial charge in [-0.05, 0) is 25.1 Å². The van der Waals surface area contributed by atoms with E-state index in [0.717, 1.165) is 0 Å². The van der Waals surface area contributed by atoms with E-state index in [4.69, 9.17) is 4.74 Å². The molecular formula is C15H15N3O4. The molecular weight excluding hydrogens is 286 g/mol. The van der Waals surface area contributed by atoms with Gasteiger partial charge in [-0.1, -0.05) is 24.3 Å². The Kier molecular flexibility index (Phi) is 4.92. The number of anilines is 2.